The lowest BCUT2D eigenvalue weighted by Gasteiger charge is -2.25. The van der Waals surface area contributed by atoms with Gasteiger partial charge in [-0.3, -0.25) is 9.78 Å². The number of hydrogen-bond acceptors (Lipinski definition) is 6. The zero-order valence-corrected chi connectivity index (χ0v) is 14.5. The van der Waals surface area contributed by atoms with E-state index in [0.29, 0.717) is 5.82 Å². The van der Waals surface area contributed by atoms with Crippen molar-refractivity contribution in [2.75, 3.05) is 0 Å². The van der Waals surface area contributed by atoms with Crippen LogP contribution in [0, 0.1) is 0 Å². The van der Waals surface area contributed by atoms with Crippen molar-refractivity contribution >= 4 is 5.91 Å². The van der Waals surface area contributed by atoms with Gasteiger partial charge in [0.2, 0.25) is 5.76 Å². The minimum Gasteiger partial charge on any atom is -0.351 e. The number of nitrogens with one attached hydrogen (secondary N) is 1. The van der Waals surface area contributed by atoms with Crippen molar-refractivity contribution in [3.8, 4) is 11.4 Å². The van der Waals surface area contributed by atoms with Crippen LogP contribution in [-0.2, 0) is 12.8 Å². The number of aromatic nitrogens is 4. The lowest BCUT2D eigenvalue weighted by Crippen LogP contribution is -2.31. The molecule has 0 aromatic carbocycles. The summed E-state index contributed by atoms with van der Waals surface area (Å²) in [5.41, 5.74) is 3.59. The Morgan fingerprint density at radius 3 is 3.08 bits per heavy atom. The third-order valence-corrected chi connectivity index (χ3v) is 4.55. The van der Waals surface area contributed by atoms with Crippen LogP contribution in [0.5, 0.6) is 0 Å². The van der Waals surface area contributed by atoms with Gasteiger partial charge in [-0.05, 0) is 37.8 Å². The Morgan fingerprint density at radius 1 is 1.38 bits per heavy atom. The SMILES string of the molecule is CCc1cc(C(=O)NC2CCCc3nc(-c4cccnc4)ncc32)on1. The molecule has 132 valence electrons. The van der Waals surface area contributed by atoms with E-state index in [4.69, 9.17) is 9.51 Å². The highest BCUT2D eigenvalue weighted by Crippen LogP contribution is 2.29. The molecule has 1 atom stereocenters. The molecule has 3 aromatic heterocycles. The molecule has 3 aromatic rings. The Bertz CT molecular complexity index is 923. The molecule has 0 bridgehead atoms. The van der Waals surface area contributed by atoms with Crippen molar-refractivity contribution in [3.05, 3.63) is 59.5 Å². The maximum atomic E-state index is 12.4. The molecule has 7 nitrogen and oxygen atoms in total. The van der Waals surface area contributed by atoms with Crippen molar-refractivity contribution in [3.63, 3.8) is 0 Å². The Labute approximate surface area is 150 Å². The van der Waals surface area contributed by atoms with Crippen LogP contribution in [0.3, 0.4) is 0 Å². The summed E-state index contributed by atoms with van der Waals surface area (Å²) in [5, 5.41) is 6.89. The van der Waals surface area contributed by atoms with Gasteiger partial charge in [0.05, 0.1) is 11.7 Å². The second kappa shape index (κ2) is 7.03. The maximum Gasteiger partial charge on any atom is 0.290 e. The van der Waals surface area contributed by atoms with E-state index >= 15 is 0 Å². The van der Waals surface area contributed by atoms with Gasteiger partial charge in [-0.2, -0.15) is 0 Å². The highest BCUT2D eigenvalue weighted by Gasteiger charge is 2.25. The fraction of sp³-hybridized carbons (Fsp3) is 0.316. The Morgan fingerprint density at radius 2 is 2.31 bits per heavy atom. The third-order valence-electron chi connectivity index (χ3n) is 4.55. The fourth-order valence-corrected chi connectivity index (χ4v) is 3.15. The minimum atomic E-state index is -0.258. The summed E-state index contributed by atoms with van der Waals surface area (Å²) in [4.78, 5) is 25.7. The van der Waals surface area contributed by atoms with E-state index in [2.05, 4.69) is 20.4 Å². The first kappa shape index (κ1) is 16.4. The Hall–Kier alpha value is -3.09. The van der Waals surface area contributed by atoms with Crippen LogP contribution in [0.1, 0.15) is 53.3 Å². The van der Waals surface area contributed by atoms with E-state index in [9.17, 15) is 4.79 Å². The normalized spacial score (nSPS) is 16.1. The largest absolute Gasteiger partial charge is 0.351 e. The lowest BCUT2D eigenvalue weighted by molar-refractivity contribution is 0.0895. The molecule has 1 aliphatic carbocycles. The third kappa shape index (κ3) is 3.20. The minimum absolute atomic E-state index is 0.121. The molecule has 26 heavy (non-hydrogen) atoms. The molecule has 1 aliphatic rings. The van der Waals surface area contributed by atoms with E-state index in [1.165, 1.54) is 0 Å². The van der Waals surface area contributed by atoms with Crippen LogP contribution in [0.15, 0.2) is 41.3 Å². The number of carbonyl (C=O) groups is 1. The molecule has 0 radical (unpaired) electrons. The molecule has 1 N–H and O–H groups in total. The zero-order valence-electron chi connectivity index (χ0n) is 14.5. The van der Waals surface area contributed by atoms with Crippen molar-refractivity contribution in [2.45, 2.75) is 38.6 Å². The first-order valence-electron chi connectivity index (χ1n) is 8.77. The van der Waals surface area contributed by atoms with E-state index in [0.717, 1.165) is 48.2 Å². The molecule has 0 saturated heterocycles. The number of rotatable bonds is 4. The van der Waals surface area contributed by atoms with Gasteiger partial charge in [-0.25, -0.2) is 9.97 Å². The van der Waals surface area contributed by atoms with Crippen LogP contribution >= 0.6 is 0 Å². The zero-order chi connectivity index (χ0) is 17.9. The van der Waals surface area contributed by atoms with Crippen LogP contribution in [-0.4, -0.2) is 26.0 Å². The van der Waals surface area contributed by atoms with Gasteiger partial charge in [0.1, 0.15) is 0 Å². The summed E-state index contributed by atoms with van der Waals surface area (Å²) in [6.45, 7) is 1.97. The number of carbonyl (C=O) groups excluding carboxylic acids is 1. The Kier molecular flexibility index (Phi) is 4.43. The highest BCUT2D eigenvalue weighted by atomic mass is 16.5. The van der Waals surface area contributed by atoms with Gasteiger partial charge in [0.15, 0.2) is 5.82 Å². The standard InChI is InChI=1S/C19H19N5O2/c1-2-13-9-17(26-24-13)19(25)23-16-7-3-6-15-14(16)11-21-18(22-15)12-5-4-8-20-10-12/h4-5,8-11,16H,2-3,6-7H2,1H3,(H,23,25). The highest BCUT2D eigenvalue weighted by molar-refractivity contribution is 5.91. The summed E-state index contributed by atoms with van der Waals surface area (Å²) in [6, 6.07) is 5.36. The van der Waals surface area contributed by atoms with Crippen LogP contribution < -0.4 is 5.32 Å². The van der Waals surface area contributed by atoms with E-state index in [1.54, 1.807) is 18.5 Å². The molecule has 0 fully saturated rings. The van der Waals surface area contributed by atoms with Gasteiger partial charge in [-0.1, -0.05) is 12.1 Å². The molecular formula is C19H19N5O2. The number of nitrogens with zero attached hydrogens (tertiary/aromatic N) is 4. The lowest BCUT2D eigenvalue weighted by atomic mass is 9.92. The summed E-state index contributed by atoms with van der Waals surface area (Å²) < 4.78 is 5.12. The molecular weight excluding hydrogens is 330 g/mol. The van der Waals surface area contributed by atoms with E-state index in [1.807, 2.05) is 25.3 Å². The van der Waals surface area contributed by atoms with Crippen molar-refractivity contribution < 1.29 is 9.32 Å². The average Bonchev–Trinajstić information content (AvgIpc) is 3.18. The molecule has 1 unspecified atom stereocenters. The molecule has 1 amide bonds. The summed E-state index contributed by atoms with van der Waals surface area (Å²) in [7, 11) is 0. The van der Waals surface area contributed by atoms with Crippen molar-refractivity contribution in [1.29, 1.82) is 0 Å². The monoisotopic (exact) mass is 349 g/mol. The van der Waals surface area contributed by atoms with Crippen molar-refractivity contribution in [1.82, 2.24) is 25.4 Å². The summed E-state index contributed by atoms with van der Waals surface area (Å²) in [5.74, 6) is 0.639. The first-order valence-corrected chi connectivity index (χ1v) is 8.77. The second-order valence-corrected chi connectivity index (χ2v) is 6.29. The van der Waals surface area contributed by atoms with Crippen LogP contribution in [0.25, 0.3) is 11.4 Å². The predicted molar refractivity (Wildman–Crippen MR) is 94.3 cm³/mol. The molecule has 3 heterocycles. The van der Waals surface area contributed by atoms with Crippen LogP contribution in [0.2, 0.25) is 0 Å². The summed E-state index contributed by atoms with van der Waals surface area (Å²) in [6.07, 6.45) is 8.70. The van der Waals surface area contributed by atoms with Gasteiger partial charge < -0.3 is 9.84 Å². The average molecular weight is 349 g/mol. The Balaban J connectivity index is 1.56. The van der Waals surface area contributed by atoms with Gasteiger partial charge in [0.25, 0.3) is 5.91 Å². The fourth-order valence-electron chi connectivity index (χ4n) is 3.15. The number of aryl methyl sites for hydroxylation is 2. The number of hydrogen-bond donors (Lipinski definition) is 1. The van der Waals surface area contributed by atoms with E-state index < -0.39 is 0 Å². The molecule has 0 aliphatic heterocycles. The maximum absolute atomic E-state index is 12.4. The smallest absolute Gasteiger partial charge is 0.290 e. The predicted octanol–water partition coefficient (Wildman–Crippen LogP) is 2.90. The molecule has 0 spiro atoms. The second-order valence-electron chi connectivity index (χ2n) is 6.29. The van der Waals surface area contributed by atoms with Crippen LogP contribution in [0.4, 0.5) is 0 Å². The summed E-state index contributed by atoms with van der Waals surface area (Å²) >= 11 is 0. The number of fused-ring (bicyclic) bond motifs is 1. The van der Waals surface area contributed by atoms with Gasteiger partial charge in [0, 0.05) is 41.5 Å². The number of pyridine rings is 1. The van der Waals surface area contributed by atoms with Gasteiger partial charge >= 0.3 is 0 Å². The quantitative estimate of drug-likeness (QED) is 0.778. The molecule has 0 saturated carbocycles. The molecule has 4 rings (SSSR count). The van der Waals surface area contributed by atoms with Crippen molar-refractivity contribution in [2.24, 2.45) is 0 Å². The van der Waals surface area contributed by atoms with Gasteiger partial charge in [-0.15, -0.1) is 0 Å². The molecule has 7 heteroatoms. The topological polar surface area (TPSA) is 93.8 Å². The number of amides is 1. The van der Waals surface area contributed by atoms with E-state index in [-0.39, 0.29) is 17.7 Å². The first-order chi connectivity index (χ1) is 12.7.